The number of hydrogen-bond donors (Lipinski definition) is 4. The van der Waals surface area contributed by atoms with Gasteiger partial charge in [0.25, 0.3) is 0 Å². The van der Waals surface area contributed by atoms with E-state index in [0.717, 1.165) is 0 Å². The highest BCUT2D eigenvalue weighted by atomic mass is 31.2. The lowest BCUT2D eigenvalue weighted by Crippen LogP contribution is -2.40. The van der Waals surface area contributed by atoms with E-state index in [0.29, 0.717) is 11.2 Å². The molecule has 156 valence electrons. The topological polar surface area (TPSA) is 175 Å². The van der Waals surface area contributed by atoms with E-state index < -0.39 is 44.4 Å². The van der Waals surface area contributed by atoms with Gasteiger partial charge in [0.15, 0.2) is 17.7 Å². The van der Waals surface area contributed by atoms with E-state index in [9.17, 15) is 19.9 Å². The van der Waals surface area contributed by atoms with Crippen molar-refractivity contribution >= 4 is 24.6 Å². The van der Waals surface area contributed by atoms with E-state index in [1.807, 2.05) is 0 Å². The molecule has 2 aromatic rings. The van der Waals surface area contributed by atoms with E-state index in [-0.39, 0.29) is 19.0 Å². The Labute approximate surface area is 160 Å². The van der Waals surface area contributed by atoms with Crippen molar-refractivity contribution in [2.24, 2.45) is 0 Å². The molecule has 1 saturated heterocycles. The number of imidazole rings is 1. The number of ether oxygens (including phenoxy) is 1. The zero-order chi connectivity index (χ0) is 20.5. The Morgan fingerprint density at radius 2 is 1.93 bits per heavy atom. The summed E-state index contributed by atoms with van der Waals surface area (Å²) in [4.78, 5) is 12.0. The number of nitrogen functional groups attached to an aromatic ring is 1. The third-order valence-electron chi connectivity index (χ3n) is 4.38. The van der Waals surface area contributed by atoms with Gasteiger partial charge >= 0.3 is 7.60 Å². The van der Waals surface area contributed by atoms with Crippen molar-refractivity contribution in [1.29, 1.82) is 0 Å². The van der Waals surface area contributed by atoms with Crippen molar-refractivity contribution in [1.82, 2.24) is 19.5 Å². The van der Waals surface area contributed by atoms with Gasteiger partial charge in [0.05, 0.1) is 31.8 Å². The molecule has 1 fully saturated rings. The zero-order valence-electron chi connectivity index (χ0n) is 15.5. The lowest BCUT2D eigenvalue weighted by atomic mass is 10.1. The van der Waals surface area contributed by atoms with Crippen molar-refractivity contribution in [2.75, 3.05) is 25.1 Å². The van der Waals surface area contributed by atoms with Crippen LogP contribution in [-0.2, 0) is 18.3 Å². The van der Waals surface area contributed by atoms with Crippen LogP contribution in [0.15, 0.2) is 12.7 Å². The molecule has 5 N–H and O–H groups in total. The van der Waals surface area contributed by atoms with Gasteiger partial charge < -0.3 is 34.8 Å². The van der Waals surface area contributed by atoms with Crippen LogP contribution in [0.3, 0.4) is 0 Å². The third-order valence-corrected chi connectivity index (χ3v) is 6.50. The summed E-state index contributed by atoms with van der Waals surface area (Å²) in [6.07, 6.45) is -4.39. The maximum atomic E-state index is 12.6. The summed E-state index contributed by atoms with van der Waals surface area (Å²) in [6.45, 7) is 3.56. The first-order valence-electron chi connectivity index (χ1n) is 8.82. The molecule has 3 heterocycles. The highest BCUT2D eigenvalue weighted by Gasteiger charge is 2.49. The monoisotopic (exact) mass is 417 g/mol. The van der Waals surface area contributed by atoms with Gasteiger partial charge in [-0.05, 0) is 13.8 Å². The first-order valence-corrected chi connectivity index (χ1v) is 10.5. The Hall–Kier alpha value is -1.66. The summed E-state index contributed by atoms with van der Waals surface area (Å²) in [6, 6.07) is 0. The van der Waals surface area contributed by atoms with E-state index in [1.165, 1.54) is 17.2 Å². The molecule has 28 heavy (non-hydrogen) atoms. The van der Waals surface area contributed by atoms with Gasteiger partial charge in [0.1, 0.15) is 30.2 Å². The van der Waals surface area contributed by atoms with Gasteiger partial charge in [0.2, 0.25) is 0 Å². The molecule has 2 aromatic heterocycles. The molecule has 12 nitrogen and oxygen atoms in total. The second kappa shape index (κ2) is 8.37. The molecule has 5 atom stereocenters. The van der Waals surface area contributed by atoms with Crippen LogP contribution in [0.25, 0.3) is 11.2 Å². The lowest BCUT2D eigenvalue weighted by molar-refractivity contribution is -0.0780. The number of fused-ring (bicyclic) bond motifs is 1. The minimum Gasteiger partial charge on any atom is -0.390 e. The number of aliphatic hydroxyl groups is 3. The highest BCUT2D eigenvalue weighted by molar-refractivity contribution is 7.53. The van der Waals surface area contributed by atoms with Gasteiger partial charge in [-0.25, -0.2) is 15.0 Å². The first-order chi connectivity index (χ1) is 13.3. The molecule has 0 spiro atoms. The average Bonchev–Trinajstić information content (AvgIpc) is 3.18. The van der Waals surface area contributed by atoms with Crippen LogP contribution >= 0.6 is 7.60 Å². The predicted molar refractivity (Wildman–Crippen MR) is 97.4 cm³/mol. The van der Waals surface area contributed by atoms with Crippen LogP contribution in [0.2, 0.25) is 0 Å². The van der Waals surface area contributed by atoms with Gasteiger partial charge in [0, 0.05) is 0 Å². The minimum absolute atomic E-state index is 0.130. The molecule has 0 saturated carbocycles. The molecule has 0 aromatic carbocycles. The van der Waals surface area contributed by atoms with Gasteiger partial charge in [-0.1, -0.05) is 0 Å². The Balaban J connectivity index is 1.81. The smallest absolute Gasteiger partial charge is 0.333 e. The van der Waals surface area contributed by atoms with Crippen LogP contribution in [0.1, 0.15) is 20.1 Å². The van der Waals surface area contributed by atoms with E-state index in [4.69, 9.17) is 19.5 Å². The fraction of sp³-hybridized carbons (Fsp3) is 0.667. The third kappa shape index (κ3) is 3.90. The molecular weight excluding hydrogens is 393 g/mol. The standard InChI is InChI=1S/C15H24N5O7P/c1-3-25-28(24,26-4-2)5-8(21)12-10(22)11(23)15(27-12)20-7-19-9-13(16)17-6-18-14(9)20/h6-8,10-12,15,21-23H,3-5H2,1-2H3,(H2,16,17,18)/t8-,10+,11-,12-,15-/m1/s1. The summed E-state index contributed by atoms with van der Waals surface area (Å²) >= 11 is 0. The summed E-state index contributed by atoms with van der Waals surface area (Å²) in [5, 5.41) is 31.3. The van der Waals surface area contributed by atoms with Crippen LogP contribution in [-0.4, -0.2) is 78.6 Å². The molecule has 1 aliphatic rings. The fourth-order valence-corrected chi connectivity index (χ4v) is 4.90. The quantitative estimate of drug-likeness (QED) is 0.413. The second-order valence-electron chi connectivity index (χ2n) is 6.25. The normalized spacial score (nSPS) is 26.8. The molecular formula is C15H24N5O7P. The van der Waals surface area contributed by atoms with Crippen LogP contribution in [0.4, 0.5) is 5.82 Å². The number of rotatable bonds is 8. The van der Waals surface area contributed by atoms with E-state index in [1.54, 1.807) is 13.8 Å². The van der Waals surface area contributed by atoms with Gasteiger partial charge in [-0.15, -0.1) is 0 Å². The molecule has 0 amide bonds. The number of anilines is 1. The van der Waals surface area contributed by atoms with Crippen molar-refractivity contribution in [3.63, 3.8) is 0 Å². The Bertz CT molecular complexity index is 854. The van der Waals surface area contributed by atoms with Gasteiger partial charge in [-0.2, -0.15) is 0 Å². The van der Waals surface area contributed by atoms with Crippen molar-refractivity contribution in [3.05, 3.63) is 12.7 Å². The second-order valence-corrected chi connectivity index (χ2v) is 8.36. The number of nitrogens with two attached hydrogens (primary N) is 1. The van der Waals surface area contributed by atoms with E-state index in [2.05, 4.69) is 15.0 Å². The SMILES string of the molecule is CCOP(=O)(C[C@@H](O)[C@H]1O[C@@H](n2cnc3c(N)ncnc32)[C@H](O)[C@@H]1O)OCC. The Morgan fingerprint density at radius 3 is 2.57 bits per heavy atom. The molecule has 13 heteroatoms. The first kappa shape index (κ1) is 21.1. The molecule has 0 aliphatic carbocycles. The number of nitrogens with zero attached hydrogens (tertiary/aromatic N) is 4. The Morgan fingerprint density at radius 1 is 1.25 bits per heavy atom. The zero-order valence-corrected chi connectivity index (χ0v) is 16.3. The largest absolute Gasteiger partial charge is 0.390 e. The van der Waals surface area contributed by atoms with Gasteiger partial charge in [-0.3, -0.25) is 9.13 Å². The number of aliphatic hydroxyl groups excluding tert-OH is 3. The highest BCUT2D eigenvalue weighted by Crippen LogP contribution is 2.49. The Kier molecular flexibility index (Phi) is 6.30. The molecule has 0 unspecified atom stereocenters. The summed E-state index contributed by atoms with van der Waals surface area (Å²) in [5.74, 6) is 0.155. The summed E-state index contributed by atoms with van der Waals surface area (Å²) < 4.78 is 30.0. The van der Waals surface area contributed by atoms with Crippen LogP contribution < -0.4 is 5.73 Å². The number of hydrogen-bond acceptors (Lipinski definition) is 11. The number of aromatic nitrogens is 4. The molecule has 1 aliphatic heterocycles. The molecule has 0 bridgehead atoms. The summed E-state index contributed by atoms with van der Waals surface area (Å²) in [7, 11) is -3.58. The maximum Gasteiger partial charge on any atom is 0.333 e. The van der Waals surface area contributed by atoms with Crippen LogP contribution in [0, 0.1) is 0 Å². The van der Waals surface area contributed by atoms with Crippen molar-refractivity contribution in [3.8, 4) is 0 Å². The van der Waals surface area contributed by atoms with E-state index >= 15 is 0 Å². The molecule has 3 rings (SSSR count). The summed E-state index contributed by atoms with van der Waals surface area (Å²) in [5.41, 5.74) is 6.37. The molecule has 0 radical (unpaired) electrons. The van der Waals surface area contributed by atoms with Crippen molar-refractivity contribution in [2.45, 2.75) is 44.5 Å². The average molecular weight is 417 g/mol. The van der Waals surface area contributed by atoms with Crippen molar-refractivity contribution < 1.29 is 33.7 Å². The van der Waals surface area contributed by atoms with Crippen LogP contribution in [0.5, 0.6) is 0 Å². The lowest BCUT2D eigenvalue weighted by Gasteiger charge is -2.25. The predicted octanol–water partition coefficient (Wildman–Crippen LogP) is -0.345. The maximum absolute atomic E-state index is 12.6. The fourth-order valence-electron chi connectivity index (χ4n) is 3.16. The minimum atomic E-state index is -3.58.